The van der Waals surface area contributed by atoms with E-state index in [1.165, 1.54) is 6.07 Å². The first-order chi connectivity index (χ1) is 14.6. The summed E-state index contributed by atoms with van der Waals surface area (Å²) in [5, 5.41) is 5.42. The van der Waals surface area contributed by atoms with Crippen LogP contribution in [0, 0.1) is 0 Å². The van der Waals surface area contributed by atoms with Crippen LogP contribution < -0.4 is 15.4 Å². The van der Waals surface area contributed by atoms with Crippen molar-refractivity contribution in [1.82, 2.24) is 10.2 Å². The molecule has 5 nitrogen and oxygen atoms in total. The van der Waals surface area contributed by atoms with Crippen LogP contribution in [0.1, 0.15) is 25.0 Å². The molecule has 0 aliphatic carbocycles. The van der Waals surface area contributed by atoms with Crippen LogP contribution in [0.5, 0.6) is 5.75 Å². The Bertz CT molecular complexity index is 891. The maximum Gasteiger partial charge on any atom is 0.416 e. The maximum absolute atomic E-state index is 12.7. The molecule has 2 rings (SSSR count). The zero-order valence-electron chi connectivity index (χ0n) is 17.2. The molecule has 2 aromatic rings. The summed E-state index contributed by atoms with van der Waals surface area (Å²) in [6.45, 7) is 7.25. The number of likely N-dealkylation sites (N-methyl/N-ethyl adjacent to an activating group) is 1. The van der Waals surface area contributed by atoms with Crippen LogP contribution in [0.2, 0.25) is 10.0 Å². The quantitative estimate of drug-likeness (QED) is 0.461. The van der Waals surface area contributed by atoms with E-state index in [1.807, 2.05) is 0 Å². The fraction of sp³-hybridized carbons (Fsp3) is 0.381. The van der Waals surface area contributed by atoms with Gasteiger partial charge in [0.2, 0.25) is 0 Å². The number of ether oxygens (including phenoxy) is 1. The Balaban J connectivity index is 1.87. The van der Waals surface area contributed by atoms with Crippen molar-refractivity contribution in [2.45, 2.75) is 26.6 Å². The predicted molar refractivity (Wildman–Crippen MR) is 117 cm³/mol. The topological polar surface area (TPSA) is 53.6 Å². The van der Waals surface area contributed by atoms with Crippen LogP contribution in [0.15, 0.2) is 36.4 Å². The van der Waals surface area contributed by atoms with Crippen LogP contribution in [0.4, 0.5) is 23.7 Å². The zero-order valence-corrected chi connectivity index (χ0v) is 18.7. The molecule has 0 unspecified atom stereocenters. The molecular formula is C21H24Cl2F3N3O2. The second-order valence-corrected chi connectivity index (χ2v) is 7.45. The number of urea groups is 1. The molecule has 0 spiro atoms. The highest BCUT2D eigenvalue weighted by molar-refractivity contribution is 6.32. The summed E-state index contributed by atoms with van der Waals surface area (Å²) in [6, 6.07) is 7.28. The molecule has 0 radical (unpaired) electrons. The van der Waals surface area contributed by atoms with E-state index < -0.39 is 17.8 Å². The molecule has 0 saturated heterocycles. The highest BCUT2D eigenvalue weighted by Gasteiger charge is 2.30. The van der Waals surface area contributed by atoms with Crippen LogP contribution in [0.25, 0.3) is 0 Å². The predicted octanol–water partition coefficient (Wildman–Crippen LogP) is 6.05. The normalized spacial score (nSPS) is 11.5. The first-order valence-electron chi connectivity index (χ1n) is 9.69. The fourth-order valence-electron chi connectivity index (χ4n) is 2.74. The van der Waals surface area contributed by atoms with E-state index in [-0.39, 0.29) is 11.6 Å². The molecule has 0 atom stereocenters. The second-order valence-electron chi connectivity index (χ2n) is 6.63. The smallest absolute Gasteiger partial charge is 0.416 e. The number of hydrogen-bond donors (Lipinski definition) is 2. The molecule has 0 aromatic heterocycles. The number of rotatable bonds is 9. The molecule has 0 aliphatic heterocycles. The van der Waals surface area contributed by atoms with Gasteiger partial charge in [-0.2, -0.15) is 13.2 Å². The molecule has 0 fully saturated rings. The molecule has 2 N–H and O–H groups in total. The Kier molecular flexibility index (Phi) is 9.28. The minimum atomic E-state index is -4.48. The third-order valence-corrected chi connectivity index (χ3v) is 5.22. The minimum absolute atomic E-state index is 0.0386. The summed E-state index contributed by atoms with van der Waals surface area (Å²) in [7, 11) is 0. The summed E-state index contributed by atoms with van der Waals surface area (Å²) in [5.41, 5.74) is -0.0448. The summed E-state index contributed by atoms with van der Waals surface area (Å²) >= 11 is 12.1. The highest BCUT2D eigenvalue weighted by atomic mass is 35.5. The van der Waals surface area contributed by atoms with Crippen molar-refractivity contribution in [2.75, 3.05) is 31.6 Å². The number of halogens is 5. The molecule has 31 heavy (non-hydrogen) atoms. The van der Waals surface area contributed by atoms with E-state index in [9.17, 15) is 18.0 Å². The number of anilines is 1. The number of carbonyl (C=O) groups excluding carboxylic acids is 1. The summed E-state index contributed by atoms with van der Waals surface area (Å²) in [4.78, 5) is 14.3. The first kappa shape index (κ1) is 25.1. The van der Waals surface area contributed by atoms with Crippen molar-refractivity contribution >= 4 is 34.9 Å². The largest absolute Gasteiger partial charge is 0.491 e. The van der Waals surface area contributed by atoms with E-state index in [0.29, 0.717) is 28.6 Å². The number of carbonyl (C=O) groups is 1. The van der Waals surface area contributed by atoms with Gasteiger partial charge in [0.15, 0.2) is 0 Å². The third kappa shape index (κ3) is 7.79. The van der Waals surface area contributed by atoms with Gasteiger partial charge >= 0.3 is 12.2 Å². The Morgan fingerprint density at radius 1 is 1.06 bits per heavy atom. The van der Waals surface area contributed by atoms with E-state index in [1.54, 1.807) is 18.2 Å². The average molecular weight is 478 g/mol. The lowest BCUT2D eigenvalue weighted by Crippen LogP contribution is -2.28. The van der Waals surface area contributed by atoms with E-state index in [2.05, 4.69) is 29.4 Å². The monoisotopic (exact) mass is 477 g/mol. The number of benzene rings is 2. The summed E-state index contributed by atoms with van der Waals surface area (Å²) in [5.74, 6) is 0.510. The second kappa shape index (κ2) is 11.5. The van der Waals surface area contributed by atoms with E-state index in [4.69, 9.17) is 27.9 Å². The Morgan fingerprint density at radius 3 is 2.35 bits per heavy atom. The van der Waals surface area contributed by atoms with Crippen molar-refractivity contribution < 1.29 is 22.7 Å². The van der Waals surface area contributed by atoms with Crippen molar-refractivity contribution in [3.05, 3.63) is 57.6 Å². The lowest BCUT2D eigenvalue weighted by atomic mass is 10.1. The summed E-state index contributed by atoms with van der Waals surface area (Å²) < 4.78 is 43.8. The minimum Gasteiger partial charge on any atom is -0.491 e. The van der Waals surface area contributed by atoms with Crippen LogP contribution in [-0.4, -0.2) is 37.2 Å². The Hall–Kier alpha value is -2.16. The third-order valence-electron chi connectivity index (χ3n) is 4.57. The average Bonchev–Trinajstić information content (AvgIpc) is 2.71. The first-order valence-corrected chi connectivity index (χ1v) is 10.4. The number of alkyl halides is 3. The highest BCUT2D eigenvalue weighted by Crippen LogP contribution is 2.32. The lowest BCUT2D eigenvalue weighted by Gasteiger charge is -2.18. The van der Waals surface area contributed by atoms with Gasteiger partial charge < -0.3 is 20.3 Å². The SMILES string of the molecule is CCN(CC)CCOc1ccc(NC(=O)NCc2ccc(C(F)(F)F)cc2Cl)cc1Cl. The van der Waals surface area contributed by atoms with Crippen molar-refractivity contribution in [2.24, 2.45) is 0 Å². The van der Waals surface area contributed by atoms with Gasteiger partial charge in [-0.05, 0) is 49.0 Å². The van der Waals surface area contributed by atoms with E-state index >= 15 is 0 Å². The molecule has 2 amide bonds. The van der Waals surface area contributed by atoms with Gasteiger partial charge in [0, 0.05) is 23.8 Å². The maximum atomic E-state index is 12.7. The molecule has 0 saturated carbocycles. The zero-order chi connectivity index (χ0) is 23.0. The van der Waals surface area contributed by atoms with Gasteiger partial charge in [-0.1, -0.05) is 43.1 Å². The number of hydrogen-bond acceptors (Lipinski definition) is 3. The van der Waals surface area contributed by atoms with Crippen LogP contribution in [-0.2, 0) is 12.7 Å². The van der Waals surface area contributed by atoms with Crippen molar-refractivity contribution in [1.29, 1.82) is 0 Å². The molecule has 2 aromatic carbocycles. The molecule has 10 heteroatoms. The molecule has 0 bridgehead atoms. The van der Waals surface area contributed by atoms with Gasteiger partial charge in [0.1, 0.15) is 12.4 Å². The lowest BCUT2D eigenvalue weighted by molar-refractivity contribution is -0.137. The van der Waals surface area contributed by atoms with Gasteiger partial charge in [-0.3, -0.25) is 0 Å². The van der Waals surface area contributed by atoms with Gasteiger partial charge in [0.25, 0.3) is 0 Å². The van der Waals surface area contributed by atoms with Crippen molar-refractivity contribution in [3.8, 4) is 5.75 Å². The summed E-state index contributed by atoms with van der Waals surface area (Å²) in [6.07, 6.45) is -4.48. The Morgan fingerprint density at radius 2 is 1.77 bits per heavy atom. The van der Waals surface area contributed by atoms with Gasteiger partial charge in [-0.25, -0.2) is 4.79 Å². The van der Waals surface area contributed by atoms with Crippen molar-refractivity contribution in [3.63, 3.8) is 0 Å². The van der Waals surface area contributed by atoms with Crippen LogP contribution >= 0.6 is 23.2 Å². The Labute approximate surface area is 189 Å². The standard InChI is InChI=1S/C21H24Cl2F3N3O2/c1-3-29(4-2)9-10-31-19-8-7-16(12-18(19)23)28-20(30)27-13-14-5-6-15(11-17(14)22)21(24,25)26/h5-8,11-12H,3-4,9-10,13H2,1-2H3,(H2,27,28,30). The molecule has 170 valence electrons. The van der Waals surface area contributed by atoms with Crippen LogP contribution in [0.3, 0.4) is 0 Å². The van der Waals surface area contributed by atoms with Gasteiger partial charge in [-0.15, -0.1) is 0 Å². The molecular weight excluding hydrogens is 454 g/mol. The molecule has 0 heterocycles. The van der Waals surface area contributed by atoms with E-state index in [0.717, 1.165) is 31.8 Å². The van der Waals surface area contributed by atoms with Gasteiger partial charge in [0.05, 0.1) is 10.6 Å². The molecule has 0 aliphatic rings. The number of nitrogens with one attached hydrogen (secondary N) is 2. The fourth-order valence-corrected chi connectivity index (χ4v) is 3.22. The number of nitrogens with zero attached hydrogens (tertiary/aromatic N) is 1. The number of amides is 2.